The zero-order chi connectivity index (χ0) is 38.3. The first kappa shape index (κ1) is 39.9. The van der Waals surface area contributed by atoms with Crippen LogP contribution in [0.15, 0.2) is 94.6 Å². The summed E-state index contributed by atoms with van der Waals surface area (Å²) in [6.07, 6.45) is 0.172. The van der Waals surface area contributed by atoms with E-state index in [4.69, 9.17) is 23.5 Å². The van der Waals surface area contributed by atoms with Gasteiger partial charge in [0.25, 0.3) is 14.1 Å². The lowest BCUT2D eigenvalue weighted by Crippen LogP contribution is -2.45. The summed E-state index contributed by atoms with van der Waals surface area (Å²) >= 11 is 0. The Morgan fingerprint density at radius 2 is 1.55 bits per heavy atom. The fourth-order valence-electron chi connectivity index (χ4n) is 6.99. The molecule has 0 radical (unpaired) electrons. The number of methoxy groups -OCH3 is 2. The highest BCUT2D eigenvalue weighted by Crippen LogP contribution is 2.50. The molecule has 0 saturated carbocycles. The number of H-pyrrole nitrogens is 1. The van der Waals surface area contributed by atoms with Crippen molar-refractivity contribution in [2.24, 2.45) is 0 Å². The molecule has 1 fully saturated rings. The van der Waals surface area contributed by atoms with Crippen molar-refractivity contribution in [1.82, 2.24) is 14.2 Å². The Bertz CT molecular complexity index is 1910. The third-order valence-electron chi connectivity index (χ3n) is 9.65. The van der Waals surface area contributed by atoms with E-state index < -0.39 is 49.4 Å². The molecule has 53 heavy (non-hydrogen) atoms. The van der Waals surface area contributed by atoms with Crippen LogP contribution in [0.4, 0.5) is 0 Å². The van der Waals surface area contributed by atoms with Crippen LogP contribution in [0, 0.1) is 18.3 Å². The SMILES string of the molecule is COc1ccc(C(OC[C@H]2O[C@@H](n3cc(C)c(=O)[nH]c3=O)C[C@H]2OP(O)N(C(C)C)C(C)(C)CCC#N)(c2ccccc2)c2ccc(OC)cc2)cc1. The van der Waals surface area contributed by atoms with Gasteiger partial charge in [-0.05, 0) is 82.0 Å². The van der Waals surface area contributed by atoms with Crippen molar-refractivity contribution in [1.29, 1.82) is 5.26 Å². The van der Waals surface area contributed by atoms with E-state index in [1.807, 2.05) is 111 Å². The number of nitriles is 1. The Balaban J connectivity index is 1.58. The Labute approximate surface area is 311 Å². The van der Waals surface area contributed by atoms with Crippen LogP contribution in [0.5, 0.6) is 11.5 Å². The molecule has 2 heterocycles. The summed E-state index contributed by atoms with van der Waals surface area (Å²) in [4.78, 5) is 39.5. The van der Waals surface area contributed by atoms with Crippen LogP contribution < -0.4 is 20.7 Å². The molecular weight excluding hydrogens is 695 g/mol. The number of aromatic amines is 1. The van der Waals surface area contributed by atoms with E-state index in [0.29, 0.717) is 29.9 Å². The van der Waals surface area contributed by atoms with Gasteiger partial charge in [-0.3, -0.25) is 14.3 Å². The number of aryl methyl sites for hydroxylation is 1. The fraction of sp³-hybridized carbons (Fsp3) is 0.425. The van der Waals surface area contributed by atoms with Gasteiger partial charge in [-0.1, -0.05) is 54.6 Å². The summed E-state index contributed by atoms with van der Waals surface area (Å²) in [7, 11) is 1.03. The molecule has 282 valence electrons. The van der Waals surface area contributed by atoms with Crippen LogP contribution in [0.25, 0.3) is 0 Å². The van der Waals surface area contributed by atoms with E-state index in [0.717, 1.165) is 16.7 Å². The minimum atomic E-state index is -2.20. The maximum Gasteiger partial charge on any atom is 0.330 e. The molecule has 1 aliphatic heterocycles. The zero-order valence-corrected chi connectivity index (χ0v) is 32.2. The largest absolute Gasteiger partial charge is 0.497 e. The van der Waals surface area contributed by atoms with Gasteiger partial charge in [0, 0.05) is 36.2 Å². The molecule has 0 aliphatic carbocycles. The smallest absolute Gasteiger partial charge is 0.330 e. The van der Waals surface area contributed by atoms with Crippen LogP contribution in [0.1, 0.15) is 75.4 Å². The molecule has 12 nitrogen and oxygen atoms in total. The van der Waals surface area contributed by atoms with E-state index >= 15 is 0 Å². The van der Waals surface area contributed by atoms with Gasteiger partial charge in [-0.25, -0.2) is 9.46 Å². The Hall–Kier alpha value is -4.34. The minimum Gasteiger partial charge on any atom is -0.497 e. The number of nitrogens with zero attached hydrogens (tertiary/aromatic N) is 3. The molecule has 0 bridgehead atoms. The van der Waals surface area contributed by atoms with Crippen LogP contribution in [0.2, 0.25) is 0 Å². The van der Waals surface area contributed by atoms with Crippen molar-refractivity contribution in [3.05, 3.63) is 128 Å². The third-order valence-corrected chi connectivity index (χ3v) is 11.5. The molecule has 4 atom stereocenters. The Kier molecular flexibility index (Phi) is 12.9. The van der Waals surface area contributed by atoms with Gasteiger partial charge in [-0.2, -0.15) is 5.26 Å². The molecule has 3 aromatic carbocycles. The van der Waals surface area contributed by atoms with Gasteiger partial charge in [-0.15, -0.1) is 0 Å². The highest BCUT2D eigenvalue weighted by molar-refractivity contribution is 7.43. The average Bonchev–Trinajstić information content (AvgIpc) is 3.54. The van der Waals surface area contributed by atoms with Gasteiger partial charge >= 0.3 is 5.69 Å². The summed E-state index contributed by atoms with van der Waals surface area (Å²) in [6.45, 7) is 9.50. The van der Waals surface area contributed by atoms with Gasteiger partial charge in [0.2, 0.25) is 0 Å². The van der Waals surface area contributed by atoms with Crippen molar-refractivity contribution in [3.63, 3.8) is 0 Å². The van der Waals surface area contributed by atoms with Crippen LogP contribution in [0.3, 0.4) is 0 Å². The maximum absolute atomic E-state index is 13.1. The van der Waals surface area contributed by atoms with Gasteiger partial charge in [0.15, 0.2) is 0 Å². The lowest BCUT2D eigenvalue weighted by Gasteiger charge is -2.43. The van der Waals surface area contributed by atoms with Gasteiger partial charge < -0.3 is 28.4 Å². The quantitative estimate of drug-likeness (QED) is 0.0956. The topological polar surface area (TPSA) is 148 Å². The summed E-state index contributed by atoms with van der Waals surface area (Å²) in [6, 6.07) is 27.3. The normalized spacial score (nSPS) is 18.2. The first-order valence-electron chi connectivity index (χ1n) is 17.6. The van der Waals surface area contributed by atoms with E-state index in [1.54, 1.807) is 21.1 Å². The van der Waals surface area contributed by atoms with Crippen molar-refractivity contribution in [2.75, 3.05) is 20.8 Å². The monoisotopic (exact) mass is 744 g/mol. The zero-order valence-electron chi connectivity index (χ0n) is 31.3. The molecular formula is C40H49N4O8P. The van der Waals surface area contributed by atoms with Crippen LogP contribution >= 0.6 is 8.53 Å². The number of hydrogen-bond acceptors (Lipinski definition) is 10. The second-order valence-electron chi connectivity index (χ2n) is 14.0. The molecule has 1 aromatic heterocycles. The third kappa shape index (κ3) is 8.73. The highest BCUT2D eigenvalue weighted by Gasteiger charge is 2.45. The number of ether oxygens (including phenoxy) is 4. The van der Waals surface area contributed by atoms with Gasteiger partial charge in [0.05, 0.1) is 33.0 Å². The van der Waals surface area contributed by atoms with Crippen molar-refractivity contribution >= 4 is 8.53 Å². The molecule has 1 aliphatic rings. The maximum atomic E-state index is 13.1. The Morgan fingerprint density at radius 1 is 0.981 bits per heavy atom. The van der Waals surface area contributed by atoms with E-state index in [9.17, 15) is 19.7 Å². The lowest BCUT2D eigenvalue weighted by molar-refractivity contribution is -0.0925. The molecule has 2 N–H and O–H groups in total. The standard InChI is InChI=1S/C40H49N4O8P/c1-27(2)44(39(4,5)22-11-23-41)53(47)52-34-24-36(43-25-28(3)37(45)42-38(43)46)51-35(34)26-50-40(29-12-9-8-10-13-29,30-14-18-32(48-6)19-15-30)31-16-20-33(49-7)21-17-31/h8-10,12-21,25,27,34-36,47H,11,22,24,26H2,1-7H3,(H,42,45,46)/t34-,35-,36-,53?/m1/s1. The summed E-state index contributed by atoms with van der Waals surface area (Å²) < 4.78 is 34.5. The number of hydrogen-bond donors (Lipinski definition) is 2. The number of nitrogens with one attached hydrogen (secondary N) is 1. The molecule has 0 spiro atoms. The van der Waals surface area contributed by atoms with E-state index in [1.165, 1.54) is 10.8 Å². The number of aromatic nitrogens is 2. The lowest BCUT2D eigenvalue weighted by atomic mass is 9.80. The second-order valence-corrected chi connectivity index (χ2v) is 15.1. The average molecular weight is 745 g/mol. The molecule has 0 amide bonds. The van der Waals surface area contributed by atoms with E-state index in [2.05, 4.69) is 11.1 Å². The predicted octanol–water partition coefficient (Wildman–Crippen LogP) is 6.56. The minimum absolute atomic E-state index is 0.0200. The molecule has 1 unspecified atom stereocenters. The molecule has 4 aromatic rings. The van der Waals surface area contributed by atoms with Crippen molar-refractivity contribution in [3.8, 4) is 17.6 Å². The highest BCUT2D eigenvalue weighted by atomic mass is 31.2. The van der Waals surface area contributed by atoms with E-state index in [-0.39, 0.29) is 19.1 Å². The Morgan fingerprint density at radius 3 is 2.08 bits per heavy atom. The molecule has 1 saturated heterocycles. The molecule has 13 heteroatoms. The fourth-order valence-corrected chi connectivity index (χ4v) is 8.51. The van der Waals surface area contributed by atoms with Crippen LogP contribution in [-0.2, 0) is 19.6 Å². The predicted molar refractivity (Wildman–Crippen MR) is 203 cm³/mol. The summed E-state index contributed by atoms with van der Waals surface area (Å²) in [5.41, 5.74) is 0.0279. The van der Waals surface area contributed by atoms with Crippen molar-refractivity contribution < 1.29 is 28.4 Å². The number of benzene rings is 3. The first-order chi connectivity index (χ1) is 25.3. The molecule has 5 rings (SSSR count). The van der Waals surface area contributed by atoms with Crippen molar-refractivity contribution in [2.45, 2.75) is 89.5 Å². The first-order valence-corrected chi connectivity index (χ1v) is 18.8. The number of rotatable bonds is 16. The van der Waals surface area contributed by atoms with Crippen LogP contribution in [-0.4, -0.2) is 63.7 Å². The summed E-state index contributed by atoms with van der Waals surface area (Å²) in [5.74, 6) is 1.37. The summed E-state index contributed by atoms with van der Waals surface area (Å²) in [5, 5.41) is 9.32. The van der Waals surface area contributed by atoms with Gasteiger partial charge in [0.1, 0.15) is 29.4 Å². The second kappa shape index (κ2) is 17.2.